The third-order valence-corrected chi connectivity index (χ3v) is 5.02. The molecule has 1 aliphatic rings. The number of para-hydroxylation sites is 1. The lowest BCUT2D eigenvalue weighted by Crippen LogP contribution is -2.44. The largest absolute Gasteiger partial charge is 0.481 e. The van der Waals surface area contributed by atoms with Gasteiger partial charge in [0.1, 0.15) is 5.75 Å². The van der Waals surface area contributed by atoms with Crippen molar-refractivity contribution in [3.63, 3.8) is 0 Å². The normalized spacial score (nSPS) is 15.3. The van der Waals surface area contributed by atoms with Crippen molar-refractivity contribution in [1.82, 2.24) is 0 Å². The molecule has 0 saturated heterocycles. The molecule has 3 rings (SSSR count). The molecule has 1 amide bonds. The molecule has 0 N–H and O–H groups in total. The van der Waals surface area contributed by atoms with Gasteiger partial charge in [-0.15, -0.1) is 0 Å². The number of nitrogens with zero attached hydrogens (tertiary/aromatic N) is 1. The van der Waals surface area contributed by atoms with Gasteiger partial charge >= 0.3 is 0 Å². The molecule has 3 heteroatoms. The number of carbonyl (C=O) groups is 1. The lowest BCUT2D eigenvalue weighted by Gasteiger charge is -2.32. The summed E-state index contributed by atoms with van der Waals surface area (Å²) in [6, 6.07) is 16.3. The van der Waals surface area contributed by atoms with Crippen molar-refractivity contribution < 1.29 is 9.53 Å². The maximum Gasteiger partial charge on any atom is 0.268 e. The van der Waals surface area contributed by atoms with E-state index >= 15 is 0 Å². The Morgan fingerprint density at radius 2 is 1.81 bits per heavy atom. The highest BCUT2D eigenvalue weighted by atomic mass is 16.5. The van der Waals surface area contributed by atoms with Crippen LogP contribution in [0, 0.1) is 0 Å². The fourth-order valence-corrected chi connectivity index (χ4v) is 3.44. The summed E-state index contributed by atoms with van der Waals surface area (Å²) in [6.07, 6.45) is 2.23. The van der Waals surface area contributed by atoms with Gasteiger partial charge in [0.05, 0.1) is 0 Å². The molecule has 0 saturated carbocycles. The molecule has 3 nitrogen and oxygen atoms in total. The maximum absolute atomic E-state index is 13.1. The van der Waals surface area contributed by atoms with E-state index in [0.717, 1.165) is 30.8 Å². The summed E-state index contributed by atoms with van der Waals surface area (Å²) < 4.78 is 6.07. The Balaban J connectivity index is 1.76. The summed E-state index contributed by atoms with van der Waals surface area (Å²) in [5.74, 6) is 0.808. The molecule has 2 aromatic carbocycles. The lowest BCUT2D eigenvalue weighted by atomic mass is 9.87. The van der Waals surface area contributed by atoms with Gasteiger partial charge in [0.2, 0.25) is 0 Å². The first kappa shape index (κ1) is 18.5. The summed E-state index contributed by atoms with van der Waals surface area (Å²) >= 11 is 0. The number of benzene rings is 2. The predicted molar refractivity (Wildman–Crippen MR) is 107 cm³/mol. The zero-order chi connectivity index (χ0) is 18.7. The van der Waals surface area contributed by atoms with E-state index in [1.165, 1.54) is 11.1 Å². The van der Waals surface area contributed by atoms with Crippen LogP contribution in [0.5, 0.6) is 5.75 Å². The van der Waals surface area contributed by atoms with Crippen LogP contribution in [0.2, 0.25) is 0 Å². The second-order valence-corrected chi connectivity index (χ2v) is 8.01. The minimum absolute atomic E-state index is 0.0551. The molecule has 26 heavy (non-hydrogen) atoms. The van der Waals surface area contributed by atoms with E-state index in [-0.39, 0.29) is 11.3 Å². The number of ether oxygens (including phenoxy) is 1. The van der Waals surface area contributed by atoms with Crippen molar-refractivity contribution in [3.05, 3.63) is 59.7 Å². The molecule has 0 aromatic heterocycles. The van der Waals surface area contributed by atoms with Gasteiger partial charge in [0.25, 0.3) is 5.91 Å². The smallest absolute Gasteiger partial charge is 0.268 e. The molecule has 0 aliphatic carbocycles. The van der Waals surface area contributed by atoms with Crippen LogP contribution in [0.25, 0.3) is 0 Å². The first-order valence-electron chi connectivity index (χ1n) is 9.56. The van der Waals surface area contributed by atoms with Crippen molar-refractivity contribution in [1.29, 1.82) is 0 Å². The Labute approximate surface area is 157 Å². The first-order valence-corrected chi connectivity index (χ1v) is 9.56. The van der Waals surface area contributed by atoms with Crippen LogP contribution < -0.4 is 9.64 Å². The van der Waals surface area contributed by atoms with Gasteiger partial charge in [-0.1, -0.05) is 58.0 Å². The molecule has 2 aromatic rings. The van der Waals surface area contributed by atoms with E-state index in [2.05, 4.69) is 39.0 Å². The Kier molecular flexibility index (Phi) is 5.36. The quantitative estimate of drug-likeness (QED) is 0.765. The fraction of sp³-hybridized carbons (Fsp3) is 0.435. The molecule has 0 radical (unpaired) electrons. The summed E-state index contributed by atoms with van der Waals surface area (Å²) in [5, 5.41) is 0. The predicted octanol–water partition coefficient (Wildman–Crippen LogP) is 5.12. The molecule has 0 spiro atoms. The second kappa shape index (κ2) is 7.53. The fourth-order valence-electron chi connectivity index (χ4n) is 3.44. The average molecular weight is 351 g/mol. The zero-order valence-electron chi connectivity index (χ0n) is 16.3. The number of amides is 1. The minimum Gasteiger partial charge on any atom is -0.481 e. The summed E-state index contributed by atoms with van der Waals surface area (Å²) in [6.45, 7) is 9.33. The molecule has 138 valence electrons. The molecule has 0 bridgehead atoms. The molecule has 0 fully saturated rings. The van der Waals surface area contributed by atoms with E-state index in [9.17, 15) is 4.79 Å². The topological polar surface area (TPSA) is 29.5 Å². The van der Waals surface area contributed by atoms with Crippen molar-refractivity contribution in [3.8, 4) is 5.75 Å². The third kappa shape index (κ3) is 3.92. The van der Waals surface area contributed by atoms with E-state index < -0.39 is 6.10 Å². The first-order chi connectivity index (χ1) is 12.4. The van der Waals surface area contributed by atoms with E-state index in [1.807, 2.05) is 42.2 Å². The van der Waals surface area contributed by atoms with Crippen LogP contribution in [0.4, 0.5) is 5.69 Å². The molecule has 1 aliphatic heterocycles. The van der Waals surface area contributed by atoms with Crippen LogP contribution >= 0.6 is 0 Å². The van der Waals surface area contributed by atoms with Crippen molar-refractivity contribution in [2.24, 2.45) is 0 Å². The van der Waals surface area contributed by atoms with Crippen LogP contribution in [0.1, 0.15) is 51.7 Å². The number of anilines is 1. The van der Waals surface area contributed by atoms with Gasteiger partial charge in [-0.25, -0.2) is 0 Å². The van der Waals surface area contributed by atoms with Crippen molar-refractivity contribution >= 4 is 11.6 Å². The van der Waals surface area contributed by atoms with E-state index in [4.69, 9.17) is 4.74 Å². The second-order valence-electron chi connectivity index (χ2n) is 8.01. The van der Waals surface area contributed by atoms with E-state index in [0.29, 0.717) is 6.42 Å². The van der Waals surface area contributed by atoms with Crippen LogP contribution in [-0.2, 0) is 16.6 Å². The number of aryl methyl sites for hydroxylation is 1. The van der Waals surface area contributed by atoms with Gasteiger partial charge in [0, 0.05) is 12.2 Å². The van der Waals surface area contributed by atoms with Gasteiger partial charge in [-0.3, -0.25) is 4.79 Å². The molecular formula is C23H29NO2. The number of hydrogen-bond donors (Lipinski definition) is 0. The summed E-state index contributed by atoms with van der Waals surface area (Å²) in [4.78, 5) is 15.0. The highest BCUT2D eigenvalue weighted by Crippen LogP contribution is 2.29. The molecule has 0 unspecified atom stereocenters. The number of fused-ring (bicyclic) bond motifs is 1. The highest BCUT2D eigenvalue weighted by Gasteiger charge is 2.29. The Hall–Kier alpha value is -2.29. The summed E-state index contributed by atoms with van der Waals surface area (Å²) in [7, 11) is 0. The van der Waals surface area contributed by atoms with Crippen LogP contribution in [0.15, 0.2) is 48.5 Å². The Bertz CT molecular complexity index is 759. The molecular weight excluding hydrogens is 322 g/mol. The van der Waals surface area contributed by atoms with Crippen molar-refractivity contribution in [2.45, 2.75) is 58.5 Å². The number of hydrogen-bond acceptors (Lipinski definition) is 2. The standard InChI is InChI=1S/C23H29NO2/c1-5-21(26-19-14-12-18(13-15-19)23(2,3)4)22(25)24-16-8-10-17-9-6-7-11-20(17)24/h6-7,9,11-15,21H,5,8,10,16H2,1-4H3/t21-/m0/s1. The lowest BCUT2D eigenvalue weighted by molar-refractivity contribution is -0.125. The van der Waals surface area contributed by atoms with E-state index in [1.54, 1.807) is 0 Å². The van der Waals surface area contributed by atoms with Crippen LogP contribution in [-0.4, -0.2) is 18.6 Å². The third-order valence-electron chi connectivity index (χ3n) is 5.02. The zero-order valence-corrected chi connectivity index (χ0v) is 16.3. The Morgan fingerprint density at radius 3 is 2.46 bits per heavy atom. The Morgan fingerprint density at radius 1 is 1.12 bits per heavy atom. The average Bonchev–Trinajstić information content (AvgIpc) is 2.64. The van der Waals surface area contributed by atoms with Gasteiger partial charge < -0.3 is 9.64 Å². The molecule has 1 atom stereocenters. The van der Waals surface area contributed by atoms with Crippen molar-refractivity contribution in [2.75, 3.05) is 11.4 Å². The van der Waals surface area contributed by atoms with Crippen LogP contribution in [0.3, 0.4) is 0 Å². The SMILES string of the molecule is CC[C@H](Oc1ccc(C(C)(C)C)cc1)C(=O)N1CCCc2ccccc21. The number of rotatable bonds is 4. The molecule has 1 heterocycles. The minimum atomic E-state index is -0.457. The monoisotopic (exact) mass is 351 g/mol. The highest BCUT2D eigenvalue weighted by molar-refractivity contribution is 5.97. The summed E-state index contributed by atoms with van der Waals surface area (Å²) in [5.41, 5.74) is 3.65. The van der Waals surface area contributed by atoms with Gasteiger partial charge in [-0.05, 0) is 54.0 Å². The maximum atomic E-state index is 13.1. The van der Waals surface area contributed by atoms with Gasteiger partial charge in [-0.2, -0.15) is 0 Å². The van der Waals surface area contributed by atoms with Gasteiger partial charge in [0.15, 0.2) is 6.10 Å². The number of carbonyl (C=O) groups excluding carboxylic acids is 1.